The summed E-state index contributed by atoms with van der Waals surface area (Å²) in [5.41, 5.74) is 2.01. The predicted octanol–water partition coefficient (Wildman–Crippen LogP) is 3.87. The van der Waals surface area contributed by atoms with E-state index in [1.165, 1.54) is 36.4 Å². The van der Waals surface area contributed by atoms with Gasteiger partial charge in [-0.1, -0.05) is 24.3 Å². The number of imidazole rings is 1. The van der Waals surface area contributed by atoms with E-state index in [4.69, 9.17) is 0 Å². The van der Waals surface area contributed by atoms with Gasteiger partial charge in [0, 0.05) is 23.4 Å². The highest BCUT2D eigenvalue weighted by molar-refractivity contribution is 6.09. The molecule has 0 radical (unpaired) electrons. The smallest absolute Gasteiger partial charge is 0.270 e. The van der Waals surface area contributed by atoms with E-state index in [1.54, 1.807) is 22.8 Å². The molecule has 27 heavy (non-hydrogen) atoms. The zero-order valence-corrected chi connectivity index (χ0v) is 13.9. The Bertz CT molecular complexity index is 1180. The van der Waals surface area contributed by atoms with E-state index in [0.717, 1.165) is 5.52 Å². The summed E-state index contributed by atoms with van der Waals surface area (Å²) in [6.45, 7) is 0. The summed E-state index contributed by atoms with van der Waals surface area (Å²) in [6.07, 6.45) is 0. The molecule has 7 nitrogen and oxygen atoms in total. The number of para-hydroxylation sites is 2. The molecule has 0 aliphatic rings. The number of rotatable bonds is 4. The molecule has 0 unspecified atom stereocenters. The summed E-state index contributed by atoms with van der Waals surface area (Å²) in [5.74, 6) is -0.180. The van der Waals surface area contributed by atoms with E-state index in [0.29, 0.717) is 11.2 Å². The average molecular weight is 359 g/mol. The van der Waals surface area contributed by atoms with Crippen LogP contribution in [0.1, 0.15) is 16.2 Å². The Labute approximate surface area is 153 Å². The van der Waals surface area contributed by atoms with Crippen LogP contribution in [0.15, 0.2) is 72.8 Å². The number of hydrogen-bond acceptors (Lipinski definition) is 5. The van der Waals surface area contributed by atoms with Crippen molar-refractivity contribution < 1.29 is 14.8 Å². The number of hydrogen-bond donors (Lipinski definition) is 1. The predicted molar refractivity (Wildman–Crippen MR) is 99.3 cm³/mol. The second kappa shape index (κ2) is 6.38. The highest BCUT2D eigenvalue weighted by atomic mass is 16.6. The second-order valence-electron chi connectivity index (χ2n) is 5.91. The number of carbonyl (C=O) groups is 1. The number of aromatic nitrogens is 2. The van der Waals surface area contributed by atoms with Crippen molar-refractivity contribution in [1.82, 2.24) is 9.55 Å². The van der Waals surface area contributed by atoms with Gasteiger partial charge in [-0.15, -0.1) is 0 Å². The third-order valence-corrected chi connectivity index (χ3v) is 4.19. The van der Waals surface area contributed by atoms with Gasteiger partial charge in [-0.25, -0.2) is 4.98 Å². The minimum atomic E-state index is -0.542. The first-order valence-corrected chi connectivity index (χ1v) is 8.10. The normalized spacial score (nSPS) is 10.8. The second-order valence-corrected chi connectivity index (χ2v) is 5.91. The maximum absolute atomic E-state index is 13.1. The molecule has 0 saturated carbocycles. The zero-order valence-electron chi connectivity index (χ0n) is 13.9. The first-order chi connectivity index (χ1) is 13.0. The molecule has 4 aromatic rings. The average Bonchev–Trinajstić information content (AvgIpc) is 3.07. The Hall–Kier alpha value is -4.00. The fraction of sp³-hybridized carbons (Fsp3) is 0. The molecule has 0 bridgehead atoms. The quantitative estimate of drug-likeness (QED) is 0.339. The fourth-order valence-corrected chi connectivity index (χ4v) is 2.93. The minimum Gasteiger partial charge on any atom is -0.508 e. The lowest BCUT2D eigenvalue weighted by molar-refractivity contribution is -0.384. The van der Waals surface area contributed by atoms with Crippen molar-refractivity contribution in [2.45, 2.75) is 0 Å². The van der Waals surface area contributed by atoms with Crippen LogP contribution in [0.3, 0.4) is 0 Å². The number of fused-ring (bicyclic) bond motifs is 1. The van der Waals surface area contributed by atoms with Crippen LogP contribution in [0.2, 0.25) is 0 Å². The van der Waals surface area contributed by atoms with Gasteiger partial charge in [-0.2, -0.15) is 0 Å². The Balaban J connectivity index is 1.92. The topological polar surface area (TPSA) is 98.3 Å². The van der Waals surface area contributed by atoms with Gasteiger partial charge in [0.2, 0.25) is 5.78 Å². The van der Waals surface area contributed by atoms with E-state index in [9.17, 15) is 20.0 Å². The van der Waals surface area contributed by atoms with Crippen molar-refractivity contribution in [3.8, 4) is 11.4 Å². The summed E-state index contributed by atoms with van der Waals surface area (Å²) >= 11 is 0. The van der Waals surface area contributed by atoms with Gasteiger partial charge >= 0.3 is 0 Å². The molecule has 1 aromatic heterocycles. The number of nitro groups is 1. The fourth-order valence-electron chi connectivity index (χ4n) is 2.93. The molecule has 4 rings (SSSR count). The maximum Gasteiger partial charge on any atom is 0.270 e. The van der Waals surface area contributed by atoms with E-state index in [2.05, 4.69) is 4.98 Å². The van der Waals surface area contributed by atoms with Gasteiger partial charge in [0.1, 0.15) is 5.75 Å². The Morgan fingerprint density at radius 2 is 1.74 bits per heavy atom. The van der Waals surface area contributed by atoms with Crippen molar-refractivity contribution in [3.63, 3.8) is 0 Å². The largest absolute Gasteiger partial charge is 0.508 e. The zero-order chi connectivity index (χ0) is 19.0. The lowest BCUT2D eigenvalue weighted by Crippen LogP contribution is -2.10. The third-order valence-electron chi connectivity index (χ3n) is 4.19. The first kappa shape index (κ1) is 16.5. The Morgan fingerprint density at radius 1 is 1.00 bits per heavy atom. The van der Waals surface area contributed by atoms with Crippen LogP contribution in [0.4, 0.5) is 5.69 Å². The summed E-state index contributed by atoms with van der Waals surface area (Å²) in [6, 6.07) is 19.2. The molecule has 0 fully saturated rings. The van der Waals surface area contributed by atoms with E-state index in [1.807, 2.05) is 18.2 Å². The molecule has 0 aliphatic heterocycles. The van der Waals surface area contributed by atoms with Crippen LogP contribution >= 0.6 is 0 Å². The number of benzene rings is 3. The molecule has 1 N–H and O–H groups in total. The molecule has 3 aromatic carbocycles. The number of ketones is 1. The van der Waals surface area contributed by atoms with Crippen LogP contribution in [0.25, 0.3) is 16.7 Å². The van der Waals surface area contributed by atoms with Crippen molar-refractivity contribution in [2.24, 2.45) is 0 Å². The summed E-state index contributed by atoms with van der Waals surface area (Å²) in [4.78, 5) is 28.0. The molecule has 1 heterocycles. The van der Waals surface area contributed by atoms with Gasteiger partial charge in [0.25, 0.3) is 5.69 Å². The van der Waals surface area contributed by atoms with Crippen LogP contribution in [0.5, 0.6) is 5.75 Å². The Kier molecular flexibility index (Phi) is 3.89. The van der Waals surface area contributed by atoms with E-state index in [-0.39, 0.29) is 22.8 Å². The van der Waals surface area contributed by atoms with Gasteiger partial charge in [0.15, 0.2) is 5.82 Å². The summed E-state index contributed by atoms with van der Waals surface area (Å²) in [5, 5.41) is 20.6. The van der Waals surface area contributed by atoms with E-state index < -0.39 is 10.7 Å². The van der Waals surface area contributed by atoms with E-state index >= 15 is 0 Å². The van der Waals surface area contributed by atoms with Gasteiger partial charge in [0.05, 0.1) is 16.0 Å². The summed E-state index contributed by atoms with van der Waals surface area (Å²) < 4.78 is 1.68. The van der Waals surface area contributed by atoms with Crippen molar-refractivity contribution >= 4 is 22.5 Å². The van der Waals surface area contributed by atoms with Gasteiger partial charge in [-0.3, -0.25) is 19.5 Å². The van der Waals surface area contributed by atoms with Gasteiger partial charge < -0.3 is 5.11 Å². The molecule has 7 heteroatoms. The molecule has 0 amide bonds. The molecule has 0 spiro atoms. The minimum absolute atomic E-state index is 0.106. The van der Waals surface area contributed by atoms with Gasteiger partial charge in [-0.05, 0) is 36.4 Å². The van der Waals surface area contributed by atoms with Crippen molar-refractivity contribution in [2.75, 3.05) is 0 Å². The Morgan fingerprint density at radius 3 is 2.48 bits per heavy atom. The number of carbonyl (C=O) groups excluding carboxylic acids is 1. The number of phenolic OH excluding ortho intramolecular Hbond substituents is 1. The number of non-ortho nitro benzene ring substituents is 1. The SMILES string of the molecule is O=C(c1cccc([N+](=O)[O-])c1)c1nc2ccccc2n1-c1ccc(O)cc1. The number of aromatic hydroxyl groups is 1. The number of nitrogens with zero attached hydrogens (tertiary/aromatic N) is 3. The maximum atomic E-state index is 13.1. The summed E-state index contributed by atoms with van der Waals surface area (Å²) in [7, 11) is 0. The molecule has 132 valence electrons. The lowest BCUT2D eigenvalue weighted by atomic mass is 10.1. The first-order valence-electron chi connectivity index (χ1n) is 8.10. The standard InChI is InChI=1S/C20H13N3O4/c24-16-10-8-14(9-11-16)22-18-7-2-1-6-17(18)21-20(22)19(25)13-4-3-5-15(12-13)23(26)27/h1-12,24H. The molecular formula is C20H13N3O4. The molecular weight excluding hydrogens is 346 g/mol. The lowest BCUT2D eigenvalue weighted by Gasteiger charge is -2.09. The molecule has 0 atom stereocenters. The van der Waals surface area contributed by atoms with Crippen molar-refractivity contribution in [1.29, 1.82) is 0 Å². The van der Waals surface area contributed by atoms with Crippen LogP contribution in [-0.2, 0) is 0 Å². The van der Waals surface area contributed by atoms with Crippen LogP contribution in [0, 0.1) is 10.1 Å². The monoisotopic (exact) mass is 359 g/mol. The van der Waals surface area contributed by atoms with Crippen LogP contribution in [-0.4, -0.2) is 25.4 Å². The molecule has 0 saturated heterocycles. The number of nitro benzene ring substituents is 1. The molecule has 0 aliphatic carbocycles. The van der Waals surface area contributed by atoms with Crippen molar-refractivity contribution in [3.05, 3.63) is 94.3 Å². The van der Waals surface area contributed by atoms with Crippen LogP contribution < -0.4 is 0 Å². The highest BCUT2D eigenvalue weighted by Gasteiger charge is 2.21. The third kappa shape index (κ3) is 2.91. The number of phenols is 1. The highest BCUT2D eigenvalue weighted by Crippen LogP contribution is 2.25.